The highest BCUT2D eigenvalue weighted by atomic mass is 16.5. The summed E-state index contributed by atoms with van der Waals surface area (Å²) in [6.45, 7) is 4.40. The molecule has 7 nitrogen and oxygen atoms in total. The van der Waals surface area contributed by atoms with Gasteiger partial charge in [0.15, 0.2) is 0 Å². The molecule has 200 valence electrons. The molecule has 3 N–H and O–H groups in total. The van der Waals surface area contributed by atoms with E-state index in [2.05, 4.69) is 36.0 Å². The van der Waals surface area contributed by atoms with E-state index < -0.39 is 0 Å². The van der Waals surface area contributed by atoms with Gasteiger partial charge in [0.05, 0.1) is 19.8 Å². The number of ether oxygens (including phenoxy) is 2. The van der Waals surface area contributed by atoms with Gasteiger partial charge in [-0.1, -0.05) is 32.3 Å². The fraction of sp³-hybridized carbons (Fsp3) is 0.724. The Hall–Kier alpha value is -2.12. The summed E-state index contributed by atoms with van der Waals surface area (Å²) in [7, 11) is 1.74. The molecule has 0 saturated heterocycles. The van der Waals surface area contributed by atoms with Crippen LogP contribution in [0.25, 0.3) is 0 Å². The fourth-order valence-corrected chi connectivity index (χ4v) is 7.60. The first-order valence-corrected chi connectivity index (χ1v) is 13.9. The lowest BCUT2D eigenvalue weighted by atomic mass is 9.53. The molecule has 6 atom stereocenters. The molecule has 2 fully saturated rings. The topological polar surface area (TPSA) is 96.9 Å². The van der Waals surface area contributed by atoms with Crippen molar-refractivity contribution in [3.63, 3.8) is 0 Å². The quantitative estimate of drug-likeness (QED) is 0.239. The number of aliphatic hydroxyl groups excluding tert-OH is 1. The minimum absolute atomic E-state index is 0.0239. The van der Waals surface area contributed by atoms with Gasteiger partial charge in [-0.05, 0) is 97.8 Å². The summed E-state index contributed by atoms with van der Waals surface area (Å²) in [5.74, 6) is 2.82. The first-order valence-electron chi connectivity index (χ1n) is 13.9. The lowest BCUT2D eigenvalue weighted by molar-refractivity contribution is -0.142. The van der Waals surface area contributed by atoms with E-state index in [4.69, 9.17) is 9.47 Å². The van der Waals surface area contributed by atoms with E-state index in [1.54, 1.807) is 14.0 Å². The van der Waals surface area contributed by atoms with Gasteiger partial charge in [0.1, 0.15) is 12.3 Å². The number of carbonyl (C=O) groups excluding carboxylic acids is 2. The Kier molecular flexibility index (Phi) is 8.94. The van der Waals surface area contributed by atoms with Gasteiger partial charge in [-0.2, -0.15) is 0 Å². The first kappa shape index (κ1) is 26.9. The number of hydrogen-bond acceptors (Lipinski definition) is 6. The summed E-state index contributed by atoms with van der Waals surface area (Å²) in [4.78, 5) is 23.3. The van der Waals surface area contributed by atoms with Crippen LogP contribution in [0, 0.1) is 23.2 Å². The highest BCUT2D eigenvalue weighted by molar-refractivity contribution is 5.76. The molecule has 3 aliphatic rings. The van der Waals surface area contributed by atoms with E-state index in [-0.39, 0.29) is 29.9 Å². The zero-order valence-electron chi connectivity index (χ0n) is 22.2. The van der Waals surface area contributed by atoms with Crippen molar-refractivity contribution >= 4 is 11.9 Å². The summed E-state index contributed by atoms with van der Waals surface area (Å²) in [5.41, 5.74) is 8.18. The van der Waals surface area contributed by atoms with Crippen LogP contribution in [0.3, 0.4) is 0 Å². The number of benzene rings is 1. The van der Waals surface area contributed by atoms with Crippen LogP contribution in [0.2, 0.25) is 0 Å². The number of hydrazine groups is 1. The van der Waals surface area contributed by atoms with E-state index in [0.29, 0.717) is 36.7 Å². The maximum absolute atomic E-state index is 12.0. The zero-order valence-corrected chi connectivity index (χ0v) is 22.2. The average Bonchev–Trinajstić information content (AvgIpc) is 3.13. The van der Waals surface area contributed by atoms with Crippen molar-refractivity contribution in [2.24, 2.45) is 23.2 Å². The summed E-state index contributed by atoms with van der Waals surface area (Å²) < 4.78 is 10.3. The van der Waals surface area contributed by atoms with Gasteiger partial charge in [0, 0.05) is 6.42 Å². The molecule has 7 heteroatoms. The van der Waals surface area contributed by atoms with Crippen molar-refractivity contribution in [1.29, 1.82) is 0 Å². The minimum atomic E-state index is -0.380. The van der Waals surface area contributed by atoms with Crippen molar-refractivity contribution in [1.82, 2.24) is 10.9 Å². The summed E-state index contributed by atoms with van der Waals surface area (Å²) in [6.07, 6.45) is 9.74. The predicted octanol–water partition coefficient (Wildman–Crippen LogP) is 4.27. The van der Waals surface area contributed by atoms with Gasteiger partial charge in [-0.15, -0.1) is 0 Å². The molecule has 0 bridgehead atoms. The second kappa shape index (κ2) is 12.0. The second-order valence-corrected chi connectivity index (χ2v) is 11.3. The number of fused-ring (bicyclic) bond motifs is 5. The van der Waals surface area contributed by atoms with E-state index in [0.717, 1.165) is 50.7 Å². The van der Waals surface area contributed by atoms with Crippen LogP contribution in [-0.2, 0) is 20.7 Å². The average molecular weight is 501 g/mol. The Balaban J connectivity index is 1.27. The van der Waals surface area contributed by atoms with Crippen molar-refractivity contribution in [3.05, 3.63) is 29.3 Å². The number of aryl methyl sites for hydroxylation is 1. The molecule has 1 aromatic carbocycles. The van der Waals surface area contributed by atoms with Crippen molar-refractivity contribution < 1.29 is 24.2 Å². The SMILES string of the molecule is CCOC(=O)CNNC(=O)CCCCC[C@@H]1CC(O)[C@@]2(C)CC[C@@H]3c4ccc(OC)cc4CC[C@H]3[C@H]12. The zero-order chi connectivity index (χ0) is 25.7. The summed E-state index contributed by atoms with van der Waals surface area (Å²) >= 11 is 0. The standard InChI is InChI=1S/C29H44N2O5/c1-4-36-27(34)18-30-31-26(33)9-7-5-6-8-20-17-25(32)29(2)15-14-23-22-13-11-21(35-3)16-19(22)10-12-24(23)28(20)29/h11,13,16,20,23-25,28,30,32H,4-10,12,14-15,17-18H2,1-3H3,(H,31,33)/t20-,23-,24-,25?,28+,29-/m1/s1. The molecule has 1 amide bonds. The molecule has 3 aliphatic carbocycles. The number of carbonyl (C=O) groups is 2. The van der Waals surface area contributed by atoms with Crippen LogP contribution >= 0.6 is 0 Å². The molecular formula is C29H44N2O5. The van der Waals surface area contributed by atoms with Gasteiger partial charge in [-0.25, -0.2) is 5.43 Å². The molecule has 0 heterocycles. The third-order valence-corrected chi connectivity index (χ3v) is 9.27. The monoisotopic (exact) mass is 500 g/mol. The van der Waals surface area contributed by atoms with E-state index >= 15 is 0 Å². The number of esters is 1. The van der Waals surface area contributed by atoms with Gasteiger partial charge in [-0.3, -0.25) is 15.0 Å². The molecule has 36 heavy (non-hydrogen) atoms. The molecule has 4 rings (SSSR count). The first-order chi connectivity index (χ1) is 17.4. The molecular weight excluding hydrogens is 456 g/mol. The number of methoxy groups -OCH3 is 1. The van der Waals surface area contributed by atoms with E-state index in [9.17, 15) is 14.7 Å². The van der Waals surface area contributed by atoms with Crippen LogP contribution in [-0.4, -0.2) is 43.3 Å². The molecule has 0 radical (unpaired) electrons. The summed E-state index contributed by atoms with van der Waals surface area (Å²) in [6, 6.07) is 6.63. The summed E-state index contributed by atoms with van der Waals surface area (Å²) in [5, 5.41) is 11.1. The Morgan fingerprint density at radius 2 is 2.03 bits per heavy atom. The van der Waals surface area contributed by atoms with Gasteiger partial charge in [0.2, 0.25) is 5.91 Å². The van der Waals surface area contributed by atoms with Crippen LogP contribution < -0.4 is 15.6 Å². The molecule has 2 saturated carbocycles. The normalized spacial score (nSPS) is 30.6. The number of hydrogen-bond donors (Lipinski definition) is 3. The number of rotatable bonds is 11. The Labute approximate surface area is 215 Å². The maximum atomic E-state index is 12.0. The van der Waals surface area contributed by atoms with Crippen molar-refractivity contribution in [2.75, 3.05) is 20.3 Å². The van der Waals surface area contributed by atoms with Gasteiger partial charge >= 0.3 is 5.97 Å². The van der Waals surface area contributed by atoms with Crippen LogP contribution in [0.1, 0.15) is 88.7 Å². The molecule has 0 aliphatic heterocycles. The lowest BCUT2D eigenvalue weighted by Gasteiger charge is -2.51. The minimum Gasteiger partial charge on any atom is -0.497 e. The Morgan fingerprint density at radius 1 is 1.19 bits per heavy atom. The van der Waals surface area contributed by atoms with Crippen LogP contribution in [0.15, 0.2) is 18.2 Å². The number of aliphatic hydroxyl groups is 1. The largest absolute Gasteiger partial charge is 0.497 e. The number of unbranched alkanes of at least 4 members (excludes halogenated alkanes) is 2. The third kappa shape index (κ3) is 5.72. The lowest BCUT2D eigenvalue weighted by Crippen LogP contribution is -2.45. The van der Waals surface area contributed by atoms with E-state index in [1.807, 2.05) is 0 Å². The number of nitrogens with one attached hydrogen (secondary N) is 2. The molecule has 0 aromatic heterocycles. The molecule has 0 spiro atoms. The van der Waals surface area contributed by atoms with Crippen LogP contribution in [0.5, 0.6) is 5.75 Å². The predicted molar refractivity (Wildman–Crippen MR) is 138 cm³/mol. The van der Waals surface area contributed by atoms with Crippen LogP contribution in [0.4, 0.5) is 0 Å². The fourth-order valence-electron chi connectivity index (χ4n) is 7.60. The molecule has 1 aromatic rings. The van der Waals surface area contributed by atoms with Crippen molar-refractivity contribution in [2.45, 2.75) is 90.1 Å². The van der Waals surface area contributed by atoms with Gasteiger partial charge < -0.3 is 14.6 Å². The third-order valence-electron chi connectivity index (χ3n) is 9.27. The number of amides is 1. The van der Waals surface area contributed by atoms with Crippen molar-refractivity contribution in [3.8, 4) is 5.75 Å². The second-order valence-electron chi connectivity index (χ2n) is 11.3. The molecule has 1 unspecified atom stereocenters. The van der Waals surface area contributed by atoms with Gasteiger partial charge in [0.25, 0.3) is 0 Å². The maximum Gasteiger partial charge on any atom is 0.321 e. The highest BCUT2D eigenvalue weighted by Gasteiger charge is 2.58. The smallest absolute Gasteiger partial charge is 0.321 e. The Morgan fingerprint density at radius 3 is 2.81 bits per heavy atom. The Bertz CT molecular complexity index is 921. The highest BCUT2D eigenvalue weighted by Crippen LogP contribution is 2.63. The van der Waals surface area contributed by atoms with E-state index in [1.165, 1.54) is 24.0 Å².